The summed E-state index contributed by atoms with van der Waals surface area (Å²) in [5.41, 5.74) is 0. The van der Waals surface area contributed by atoms with Gasteiger partial charge in [-0.1, -0.05) is 15.9 Å². The fourth-order valence-corrected chi connectivity index (χ4v) is 2.79. The highest BCUT2D eigenvalue weighted by atomic mass is 79.9. The molecule has 1 aliphatic heterocycles. The SMILES string of the molecule is O=C(CCBr)N1CC2CCC1C2. The highest BCUT2D eigenvalue weighted by Gasteiger charge is 2.39. The number of hydrogen-bond acceptors (Lipinski definition) is 1. The molecule has 0 aromatic rings. The van der Waals surface area contributed by atoms with Gasteiger partial charge in [-0.3, -0.25) is 4.79 Å². The molecule has 3 heteroatoms. The third kappa shape index (κ3) is 1.39. The van der Waals surface area contributed by atoms with Gasteiger partial charge in [0.15, 0.2) is 0 Å². The fraction of sp³-hybridized carbons (Fsp3) is 0.889. The van der Waals surface area contributed by atoms with Gasteiger partial charge in [0.05, 0.1) is 0 Å². The van der Waals surface area contributed by atoms with Gasteiger partial charge < -0.3 is 4.90 Å². The van der Waals surface area contributed by atoms with Crippen LogP contribution in [0.2, 0.25) is 0 Å². The van der Waals surface area contributed by atoms with Crippen molar-refractivity contribution in [3.8, 4) is 0 Å². The zero-order chi connectivity index (χ0) is 8.55. The van der Waals surface area contributed by atoms with Gasteiger partial charge in [0.1, 0.15) is 0 Å². The number of rotatable bonds is 2. The van der Waals surface area contributed by atoms with Crippen LogP contribution in [0, 0.1) is 5.92 Å². The number of halogens is 1. The quantitative estimate of drug-likeness (QED) is 0.664. The minimum absolute atomic E-state index is 0.346. The molecule has 0 aromatic carbocycles. The smallest absolute Gasteiger partial charge is 0.223 e. The van der Waals surface area contributed by atoms with Gasteiger partial charge in [-0.15, -0.1) is 0 Å². The van der Waals surface area contributed by atoms with Crippen LogP contribution in [0.5, 0.6) is 0 Å². The monoisotopic (exact) mass is 231 g/mol. The van der Waals surface area contributed by atoms with Crippen molar-refractivity contribution in [1.29, 1.82) is 0 Å². The maximum absolute atomic E-state index is 11.5. The fourth-order valence-electron chi connectivity index (χ4n) is 2.45. The number of carbonyl (C=O) groups excluding carboxylic acids is 1. The molecule has 2 bridgehead atoms. The molecule has 12 heavy (non-hydrogen) atoms. The Kier molecular flexibility index (Phi) is 2.40. The van der Waals surface area contributed by atoms with Crippen molar-refractivity contribution in [2.45, 2.75) is 31.7 Å². The Hall–Kier alpha value is -0.0500. The van der Waals surface area contributed by atoms with E-state index >= 15 is 0 Å². The van der Waals surface area contributed by atoms with E-state index in [2.05, 4.69) is 20.8 Å². The van der Waals surface area contributed by atoms with E-state index < -0.39 is 0 Å². The molecule has 1 heterocycles. The van der Waals surface area contributed by atoms with E-state index in [9.17, 15) is 4.79 Å². The molecular formula is C9H14BrNO. The Balaban J connectivity index is 1.93. The number of likely N-dealkylation sites (tertiary alicyclic amines) is 1. The number of nitrogens with zero attached hydrogens (tertiary/aromatic N) is 1. The minimum Gasteiger partial charge on any atom is -0.339 e. The van der Waals surface area contributed by atoms with Crippen LogP contribution >= 0.6 is 15.9 Å². The number of alkyl halides is 1. The number of piperidine rings is 1. The van der Waals surface area contributed by atoms with Crippen molar-refractivity contribution in [2.75, 3.05) is 11.9 Å². The molecule has 0 radical (unpaired) electrons. The second kappa shape index (κ2) is 3.36. The van der Waals surface area contributed by atoms with Crippen LogP contribution < -0.4 is 0 Å². The first-order chi connectivity index (χ1) is 5.81. The van der Waals surface area contributed by atoms with Gasteiger partial charge in [0, 0.05) is 24.3 Å². The van der Waals surface area contributed by atoms with Gasteiger partial charge in [-0.2, -0.15) is 0 Å². The van der Waals surface area contributed by atoms with Crippen molar-refractivity contribution in [3.63, 3.8) is 0 Å². The van der Waals surface area contributed by atoms with Crippen LogP contribution in [0.3, 0.4) is 0 Å². The first-order valence-electron chi connectivity index (χ1n) is 4.66. The summed E-state index contributed by atoms with van der Waals surface area (Å²) in [5.74, 6) is 1.17. The second-order valence-electron chi connectivity index (χ2n) is 3.82. The van der Waals surface area contributed by atoms with Gasteiger partial charge in [0.25, 0.3) is 0 Å². The van der Waals surface area contributed by atoms with Crippen molar-refractivity contribution >= 4 is 21.8 Å². The topological polar surface area (TPSA) is 20.3 Å². The first-order valence-corrected chi connectivity index (χ1v) is 5.79. The molecule has 0 aromatic heterocycles. The Bertz CT molecular complexity index is 195. The lowest BCUT2D eigenvalue weighted by Crippen LogP contribution is -2.37. The highest BCUT2D eigenvalue weighted by molar-refractivity contribution is 9.09. The molecule has 1 aliphatic carbocycles. The standard InChI is InChI=1S/C9H14BrNO/c10-4-3-9(12)11-6-7-1-2-8(11)5-7/h7-8H,1-6H2. The maximum Gasteiger partial charge on any atom is 0.223 e. The molecule has 2 nitrogen and oxygen atoms in total. The molecular weight excluding hydrogens is 218 g/mol. The molecule has 1 saturated carbocycles. The number of fused-ring (bicyclic) bond motifs is 2. The van der Waals surface area contributed by atoms with E-state index in [1.54, 1.807) is 0 Å². The Morgan fingerprint density at radius 1 is 1.50 bits per heavy atom. The molecule has 0 spiro atoms. The van der Waals surface area contributed by atoms with Gasteiger partial charge >= 0.3 is 0 Å². The van der Waals surface area contributed by atoms with Crippen LogP contribution in [-0.2, 0) is 4.79 Å². The second-order valence-corrected chi connectivity index (χ2v) is 4.61. The predicted molar refractivity (Wildman–Crippen MR) is 51.3 cm³/mol. The maximum atomic E-state index is 11.5. The van der Waals surface area contributed by atoms with E-state index in [1.165, 1.54) is 19.3 Å². The lowest BCUT2D eigenvalue weighted by atomic mass is 10.1. The summed E-state index contributed by atoms with van der Waals surface area (Å²) in [4.78, 5) is 13.6. The molecule has 2 atom stereocenters. The summed E-state index contributed by atoms with van der Waals surface area (Å²) in [7, 11) is 0. The predicted octanol–water partition coefficient (Wildman–Crippen LogP) is 1.78. The summed E-state index contributed by atoms with van der Waals surface area (Å²) in [6.45, 7) is 1.04. The average Bonchev–Trinajstić information content (AvgIpc) is 2.64. The third-order valence-corrected chi connectivity index (χ3v) is 3.43. The summed E-state index contributed by atoms with van der Waals surface area (Å²) in [6, 6.07) is 0.599. The van der Waals surface area contributed by atoms with Crippen molar-refractivity contribution in [3.05, 3.63) is 0 Å². The zero-order valence-electron chi connectivity index (χ0n) is 7.13. The van der Waals surface area contributed by atoms with Crippen LogP contribution in [0.4, 0.5) is 0 Å². The van der Waals surface area contributed by atoms with Crippen molar-refractivity contribution in [2.24, 2.45) is 5.92 Å². The highest BCUT2D eigenvalue weighted by Crippen LogP contribution is 2.37. The normalized spacial score (nSPS) is 32.9. The number of carbonyl (C=O) groups is 1. The lowest BCUT2D eigenvalue weighted by molar-refractivity contribution is -0.132. The Morgan fingerprint density at radius 3 is 2.83 bits per heavy atom. The van der Waals surface area contributed by atoms with Crippen LogP contribution in [0.15, 0.2) is 0 Å². The minimum atomic E-state index is 0.346. The average molecular weight is 232 g/mol. The molecule has 2 fully saturated rings. The first kappa shape index (κ1) is 8.54. The molecule has 2 unspecified atom stereocenters. The lowest BCUT2D eigenvalue weighted by Gasteiger charge is -2.26. The Morgan fingerprint density at radius 2 is 2.33 bits per heavy atom. The van der Waals surface area contributed by atoms with Crippen molar-refractivity contribution < 1.29 is 4.79 Å². The van der Waals surface area contributed by atoms with Crippen LogP contribution in [0.1, 0.15) is 25.7 Å². The van der Waals surface area contributed by atoms with Crippen molar-refractivity contribution in [1.82, 2.24) is 4.90 Å². The zero-order valence-corrected chi connectivity index (χ0v) is 8.72. The van der Waals surface area contributed by atoms with E-state index in [0.29, 0.717) is 18.4 Å². The van der Waals surface area contributed by atoms with Gasteiger partial charge in [-0.25, -0.2) is 0 Å². The van der Waals surface area contributed by atoms with Gasteiger partial charge in [-0.05, 0) is 25.2 Å². The molecule has 1 amide bonds. The summed E-state index contributed by atoms with van der Waals surface area (Å²) in [5, 5.41) is 0.805. The molecule has 1 saturated heterocycles. The van der Waals surface area contributed by atoms with E-state index in [-0.39, 0.29) is 0 Å². The van der Waals surface area contributed by atoms with Gasteiger partial charge in [0.2, 0.25) is 5.91 Å². The number of hydrogen-bond donors (Lipinski definition) is 0. The largest absolute Gasteiger partial charge is 0.339 e. The molecule has 68 valence electrons. The van der Waals surface area contributed by atoms with E-state index in [0.717, 1.165) is 17.8 Å². The molecule has 2 rings (SSSR count). The van der Waals surface area contributed by atoms with E-state index in [4.69, 9.17) is 0 Å². The Labute approximate surface area is 81.4 Å². The summed E-state index contributed by atoms with van der Waals surface area (Å²) < 4.78 is 0. The van der Waals surface area contributed by atoms with Crippen LogP contribution in [-0.4, -0.2) is 28.7 Å². The molecule has 0 N–H and O–H groups in total. The third-order valence-electron chi connectivity index (χ3n) is 3.04. The number of amides is 1. The van der Waals surface area contributed by atoms with E-state index in [1.807, 2.05) is 0 Å². The summed E-state index contributed by atoms with van der Waals surface area (Å²) >= 11 is 3.30. The summed E-state index contributed by atoms with van der Waals surface area (Å²) in [6.07, 6.45) is 4.54. The molecule has 2 aliphatic rings. The van der Waals surface area contributed by atoms with Crippen LogP contribution in [0.25, 0.3) is 0 Å².